The van der Waals surface area contributed by atoms with E-state index in [0.717, 1.165) is 17.6 Å². The number of para-hydroxylation sites is 1. The fraction of sp³-hybridized carbons (Fsp3) is 0.350. The third-order valence-corrected chi connectivity index (χ3v) is 4.98. The van der Waals surface area contributed by atoms with Crippen LogP contribution in [0, 0.1) is 5.92 Å². The minimum Gasteiger partial charge on any atom is -0.336 e. The lowest BCUT2D eigenvalue weighted by Crippen LogP contribution is -2.39. The highest BCUT2D eigenvalue weighted by Gasteiger charge is 2.24. The normalized spacial score (nSPS) is 14.4. The van der Waals surface area contributed by atoms with Crippen molar-refractivity contribution >= 4 is 16.9 Å². The second-order valence-electron chi connectivity index (χ2n) is 6.79. The Labute approximate surface area is 147 Å². The summed E-state index contributed by atoms with van der Waals surface area (Å²) in [4.78, 5) is 15.0. The average molecular weight is 334 g/mol. The molecule has 0 saturated heterocycles. The highest BCUT2D eigenvalue weighted by Crippen LogP contribution is 2.27. The van der Waals surface area contributed by atoms with Crippen LogP contribution >= 0.6 is 0 Å². The van der Waals surface area contributed by atoms with Crippen molar-refractivity contribution in [2.24, 2.45) is 5.92 Å². The summed E-state index contributed by atoms with van der Waals surface area (Å²) in [6, 6.07) is 17.9. The molecule has 128 valence electrons. The van der Waals surface area contributed by atoms with Crippen LogP contribution in [-0.4, -0.2) is 32.3 Å². The number of carbonyl (C=O) groups excluding carboxylic acids is 1. The van der Waals surface area contributed by atoms with Crippen molar-refractivity contribution in [3.8, 4) is 0 Å². The average Bonchev–Trinajstić information content (AvgIpc) is 3.01. The zero-order chi connectivity index (χ0) is 17.1. The minimum absolute atomic E-state index is 0.103. The van der Waals surface area contributed by atoms with Crippen molar-refractivity contribution in [3.05, 3.63) is 60.2 Å². The molecule has 1 fully saturated rings. The number of hydrogen-bond acceptors (Lipinski definition) is 3. The predicted molar refractivity (Wildman–Crippen MR) is 96.7 cm³/mol. The molecule has 1 heterocycles. The van der Waals surface area contributed by atoms with Crippen molar-refractivity contribution in [2.45, 2.75) is 32.4 Å². The van der Waals surface area contributed by atoms with Gasteiger partial charge in [-0.05, 0) is 36.5 Å². The minimum atomic E-state index is 0.103. The maximum Gasteiger partial charge on any atom is 0.244 e. The van der Waals surface area contributed by atoms with Gasteiger partial charge < -0.3 is 4.90 Å². The number of fused-ring (bicyclic) bond motifs is 1. The Kier molecular flexibility index (Phi) is 4.46. The van der Waals surface area contributed by atoms with E-state index in [-0.39, 0.29) is 12.5 Å². The van der Waals surface area contributed by atoms with E-state index in [1.807, 2.05) is 47.4 Å². The fourth-order valence-electron chi connectivity index (χ4n) is 3.31. The topological polar surface area (TPSA) is 51.0 Å². The number of amides is 1. The van der Waals surface area contributed by atoms with Gasteiger partial charge in [-0.2, -0.15) is 0 Å². The Balaban J connectivity index is 1.52. The van der Waals surface area contributed by atoms with Gasteiger partial charge in [0.25, 0.3) is 0 Å². The van der Waals surface area contributed by atoms with E-state index in [1.165, 1.54) is 24.8 Å². The van der Waals surface area contributed by atoms with Gasteiger partial charge in [0.05, 0.1) is 5.52 Å². The second-order valence-corrected chi connectivity index (χ2v) is 6.79. The van der Waals surface area contributed by atoms with Gasteiger partial charge in [0.2, 0.25) is 5.91 Å². The molecule has 0 aliphatic heterocycles. The van der Waals surface area contributed by atoms with Gasteiger partial charge in [-0.25, -0.2) is 4.68 Å². The highest BCUT2D eigenvalue weighted by atomic mass is 16.2. The van der Waals surface area contributed by atoms with Gasteiger partial charge in [-0.3, -0.25) is 4.79 Å². The zero-order valence-electron chi connectivity index (χ0n) is 14.2. The Morgan fingerprint density at radius 1 is 1.08 bits per heavy atom. The first-order valence-corrected chi connectivity index (χ1v) is 8.89. The maximum atomic E-state index is 13.0. The highest BCUT2D eigenvalue weighted by molar-refractivity contribution is 5.79. The van der Waals surface area contributed by atoms with Crippen molar-refractivity contribution in [2.75, 3.05) is 6.54 Å². The molecule has 1 amide bonds. The summed E-state index contributed by atoms with van der Waals surface area (Å²) in [7, 11) is 0. The van der Waals surface area contributed by atoms with Gasteiger partial charge in [0, 0.05) is 13.1 Å². The van der Waals surface area contributed by atoms with E-state index < -0.39 is 0 Å². The van der Waals surface area contributed by atoms with Crippen LogP contribution in [0.5, 0.6) is 0 Å². The van der Waals surface area contributed by atoms with Crippen molar-refractivity contribution in [1.29, 1.82) is 0 Å². The SMILES string of the molecule is O=C(Cn1nnc2ccccc21)N(Cc1ccccc1)CC1CCC1. The summed E-state index contributed by atoms with van der Waals surface area (Å²) >= 11 is 0. The molecular weight excluding hydrogens is 312 g/mol. The molecular formula is C20H22N4O. The van der Waals surface area contributed by atoms with E-state index in [4.69, 9.17) is 0 Å². The summed E-state index contributed by atoms with van der Waals surface area (Å²) < 4.78 is 1.70. The van der Waals surface area contributed by atoms with Crippen LogP contribution in [0.4, 0.5) is 0 Å². The fourth-order valence-corrected chi connectivity index (χ4v) is 3.31. The van der Waals surface area contributed by atoms with Crippen LogP contribution in [-0.2, 0) is 17.9 Å². The van der Waals surface area contributed by atoms with Crippen LogP contribution < -0.4 is 0 Å². The molecule has 0 bridgehead atoms. The molecule has 0 spiro atoms. The molecule has 1 aliphatic carbocycles. The monoisotopic (exact) mass is 334 g/mol. The van der Waals surface area contributed by atoms with Gasteiger partial charge in [-0.1, -0.05) is 54.1 Å². The zero-order valence-corrected chi connectivity index (χ0v) is 14.2. The summed E-state index contributed by atoms with van der Waals surface area (Å²) in [5.41, 5.74) is 2.89. The first-order chi connectivity index (χ1) is 12.3. The molecule has 1 aromatic heterocycles. The van der Waals surface area contributed by atoms with Crippen LogP contribution in [0.1, 0.15) is 24.8 Å². The maximum absolute atomic E-state index is 13.0. The number of carbonyl (C=O) groups is 1. The lowest BCUT2D eigenvalue weighted by molar-refractivity contribution is -0.133. The quantitative estimate of drug-likeness (QED) is 0.695. The molecule has 3 aromatic rings. The van der Waals surface area contributed by atoms with Crippen LogP contribution in [0.25, 0.3) is 11.0 Å². The molecule has 0 unspecified atom stereocenters. The van der Waals surface area contributed by atoms with Crippen LogP contribution in [0.3, 0.4) is 0 Å². The summed E-state index contributed by atoms with van der Waals surface area (Å²) in [6.07, 6.45) is 3.74. The Morgan fingerprint density at radius 2 is 1.84 bits per heavy atom. The summed E-state index contributed by atoms with van der Waals surface area (Å²) in [6.45, 7) is 1.73. The van der Waals surface area contributed by atoms with Gasteiger partial charge in [-0.15, -0.1) is 5.10 Å². The molecule has 5 nitrogen and oxygen atoms in total. The number of hydrogen-bond donors (Lipinski definition) is 0. The number of benzene rings is 2. The summed E-state index contributed by atoms with van der Waals surface area (Å²) in [5, 5.41) is 8.30. The third-order valence-electron chi connectivity index (χ3n) is 4.98. The Hall–Kier alpha value is -2.69. The molecule has 1 saturated carbocycles. The molecule has 1 aliphatic rings. The second kappa shape index (κ2) is 7.05. The first kappa shape index (κ1) is 15.8. The lowest BCUT2D eigenvalue weighted by Gasteiger charge is -2.32. The molecule has 4 rings (SSSR count). The van der Waals surface area contributed by atoms with Crippen molar-refractivity contribution in [3.63, 3.8) is 0 Å². The van der Waals surface area contributed by atoms with Crippen molar-refractivity contribution < 1.29 is 4.79 Å². The van der Waals surface area contributed by atoms with E-state index in [1.54, 1.807) is 4.68 Å². The largest absolute Gasteiger partial charge is 0.336 e. The molecule has 0 atom stereocenters. The van der Waals surface area contributed by atoms with E-state index in [9.17, 15) is 4.79 Å². The van der Waals surface area contributed by atoms with E-state index >= 15 is 0 Å². The molecule has 0 radical (unpaired) electrons. The third kappa shape index (κ3) is 3.55. The van der Waals surface area contributed by atoms with Crippen LogP contribution in [0.2, 0.25) is 0 Å². The Morgan fingerprint density at radius 3 is 2.60 bits per heavy atom. The van der Waals surface area contributed by atoms with E-state index in [2.05, 4.69) is 22.4 Å². The first-order valence-electron chi connectivity index (χ1n) is 8.89. The molecule has 5 heteroatoms. The number of rotatable bonds is 6. The smallest absolute Gasteiger partial charge is 0.244 e. The predicted octanol–water partition coefficient (Wildman–Crippen LogP) is 3.26. The van der Waals surface area contributed by atoms with E-state index in [0.29, 0.717) is 12.5 Å². The number of nitrogens with zero attached hydrogens (tertiary/aromatic N) is 4. The van der Waals surface area contributed by atoms with Crippen LogP contribution in [0.15, 0.2) is 54.6 Å². The van der Waals surface area contributed by atoms with Gasteiger partial charge >= 0.3 is 0 Å². The lowest BCUT2D eigenvalue weighted by atomic mass is 9.85. The summed E-state index contributed by atoms with van der Waals surface area (Å²) in [5.74, 6) is 0.742. The van der Waals surface area contributed by atoms with Gasteiger partial charge in [0.1, 0.15) is 12.1 Å². The van der Waals surface area contributed by atoms with Gasteiger partial charge in [0.15, 0.2) is 0 Å². The molecule has 0 N–H and O–H groups in total. The Bertz CT molecular complexity index is 854. The number of aromatic nitrogens is 3. The standard InChI is InChI=1S/C20H22N4O/c25-20(15-24-19-12-5-4-11-18(19)21-22-24)23(14-17-9-6-10-17)13-16-7-2-1-3-8-16/h1-5,7-8,11-12,17H,6,9-10,13-15H2. The van der Waals surface area contributed by atoms with Crippen molar-refractivity contribution in [1.82, 2.24) is 19.9 Å². The molecule has 25 heavy (non-hydrogen) atoms. The molecule has 2 aromatic carbocycles.